The van der Waals surface area contributed by atoms with E-state index in [4.69, 9.17) is 17.0 Å². The maximum absolute atomic E-state index is 12.9. The summed E-state index contributed by atoms with van der Waals surface area (Å²) in [5, 5.41) is 0. The molecule has 3 rings (SSSR count). The molecule has 0 aromatic heterocycles. The van der Waals surface area contributed by atoms with E-state index in [1.807, 2.05) is 85.5 Å². The Balaban J connectivity index is 1.71. The van der Waals surface area contributed by atoms with Gasteiger partial charge in [-0.2, -0.15) is 0 Å². The van der Waals surface area contributed by atoms with Crippen molar-refractivity contribution in [3.8, 4) is 5.75 Å². The molecule has 1 amide bonds. The number of anilines is 2. The SMILES string of the molecule is COc1ccc(N(C)CN2C(=O)/C(=C\c3ccc(N(C)C)cc3)SC2=S)cc1. The largest absolute Gasteiger partial charge is 0.497 e. The average Bonchev–Trinajstić information content (AvgIpc) is 2.95. The van der Waals surface area contributed by atoms with Gasteiger partial charge in [0.1, 0.15) is 10.1 Å². The third-order valence-corrected chi connectivity index (χ3v) is 5.83. The molecule has 0 aliphatic carbocycles. The normalized spacial score (nSPS) is 15.3. The van der Waals surface area contributed by atoms with Crippen LogP contribution in [0.15, 0.2) is 53.4 Å². The lowest BCUT2D eigenvalue weighted by molar-refractivity contribution is -0.122. The second-order valence-electron chi connectivity index (χ2n) is 6.63. The van der Waals surface area contributed by atoms with Crippen molar-refractivity contribution in [2.75, 3.05) is 44.7 Å². The zero-order valence-corrected chi connectivity index (χ0v) is 18.0. The van der Waals surface area contributed by atoms with Crippen molar-refractivity contribution in [3.05, 3.63) is 59.0 Å². The van der Waals surface area contributed by atoms with Gasteiger partial charge in [-0.3, -0.25) is 9.69 Å². The Kier molecular flexibility index (Phi) is 6.26. The maximum Gasteiger partial charge on any atom is 0.267 e. The Morgan fingerprint density at radius 3 is 2.21 bits per heavy atom. The zero-order chi connectivity index (χ0) is 20.3. The van der Waals surface area contributed by atoms with Gasteiger partial charge in [0.2, 0.25) is 0 Å². The Labute approximate surface area is 175 Å². The number of ether oxygens (including phenoxy) is 1. The lowest BCUT2D eigenvalue weighted by atomic mass is 10.2. The van der Waals surface area contributed by atoms with Crippen LogP contribution in [0.3, 0.4) is 0 Å². The quantitative estimate of drug-likeness (QED) is 0.525. The number of methoxy groups -OCH3 is 1. The van der Waals surface area contributed by atoms with Crippen molar-refractivity contribution in [2.45, 2.75) is 0 Å². The van der Waals surface area contributed by atoms with Crippen molar-refractivity contribution in [1.29, 1.82) is 0 Å². The van der Waals surface area contributed by atoms with Gasteiger partial charge >= 0.3 is 0 Å². The molecule has 0 unspecified atom stereocenters. The summed E-state index contributed by atoms with van der Waals surface area (Å²) in [7, 11) is 7.57. The van der Waals surface area contributed by atoms with Gasteiger partial charge in [0, 0.05) is 32.5 Å². The molecule has 0 N–H and O–H groups in total. The molecule has 1 aliphatic heterocycles. The van der Waals surface area contributed by atoms with E-state index < -0.39 is 0 Å². The lowest BCUT2D eigenvalue weighted by Crippen LogP contribution is -2.38. The first-order valence-electron chi connectivity index (χ1n) is 8.77. The van der Waals surface area contributed by atoms with Gasteiger partial charge in [0.05, 0.1) is 18.7 Å². The van der Waals surface area contributed by atoms with Gasteiger partial charge in [0.15, 0.2) is 0 Å². The highest BCUT2D eigenvalue weighted by Gasteiger charge is 2.32. The number of amides is 1. The first-order chi connectivity index (χ1) is 13.4. The fraction of sp³-hybridized carbons (Fsp3) is 0.238. The second kappa shape index (κ2) is 8.67. The molecular weight excluding hydrogens is 390 g/mol. The Bertz CT molecular complexity index is 893. The van der Waals surface area contributed by atoms with Crippen LogP contribution in [-0.2, 0) is 4.79 Å². The number of hydrogen-bond acceptors (Lipinski definition) is 6. The number of rotatable bonds is 6. The summed E-state index contributed by atoms with van der Waals surface area (Å²) in [5.41, 5.74) is 3.08. The lowest BCUT2D eigenvalue weighted by Gasteiger charge is -2.25. The molecule has 0 saturated carbocycles. The minimum Gasteiger partial charge on any atom is -0.497 e. The molecule has 2 aromatic carbocycles. The van der Waals surface area contributed by atoms with Crippen LogP contribution in [0.2, 0.25) is 0 Å². The van der Waals surface area contributed by atoms with Gasteiger partial charge in [-0.1, -0.05) is 36.1 Å². The predicted octanol–water partition coefficient (Wildman–Crippen LogP) is 4.06. The Morgan fingerprint density at radius 2 is 1.64 bits per heavy atom. The van der Waals surface area contributed by atoms with Crippen molar-refractivity contribution < 1.29 is 9.53 Å². The molecule has 5 nitrogen and oxygen atoms in total. The highest BCUT2D eigenvalue weighted by molar-refractivity contribution is 8.26. The molecular formula is C21H23N3O2S2. The molecule has 1 saturated heterocycles. The first-order valence-corrected chi connectivity index (χ1v) is 9.99. The van der Waals surface area contributed by atoms with E-state index >= 15 is 0 Å². The monoisotopic (exact) mass is 413 g/mol. The second-order valence-corrected chi connectivity index (χ2v) is 8.31. The van der Waals surface area contributed by atoms with Crippen molar-refractivity contribution in [2.24, 2.45) is 0 Å². The minimum absolute atomic E-state index is 0.0629. The average molecular weight is 414 g/mol. The van der Waals surface area contributed by atoms with E-state index in [0.29, 0.717) is 15.9 Å². The summed E-state index contributed by atoms with van der Waals surface area (Å²) >= 11 is 6.79. The third kappa shape index (κ3) is 4.48. The van der Waals surface area contributed by atoms with Crippen LogP contribution in [0, 0.1) is 0 Å². The Hall–Kier alpha value is -2.51. The van der Waals surface area contributed by atoms with Gasteiger partial charge in [-0.15, -0.1) is 0 Å². The fourth-order valence-corrected chi connectivity index (χ4v) is 4.01. The Morgan fingerprint density at radius 1 is 1.04 bits per heavy atom. The van der Waals surface area contributed by atoms with Gasteiger partial charge in [-0.25, -0.2) is 0 Å². The van der Waals surface area contributed by atoms with E-state index in [9.17, 15) is 4.79 Å². The number of nitrogens with zero attached hydrogens (tertiary/aromatic N) is 3. The van der Waals surface area contributed by atoms with Crippen molar-refractivity contribution in [1.82, 2.24) is 4.90 Å². The third-order valence-electron chi connectivity index (χ3n) is 4.45. The van der Waals surface area contributed by atoms with Gasteiger partial charge < -0.3 is 14.5 Å². The molecule has 1 aliphatic rings. The number of hydrogen-bond donors (Lipinski definition) is 0. The molecule has 28 heavy (non-hydrogen) atoms. The summed E-state index contributed by atoms with van der Waals surface area (Å²) in [6.45, 7) is 0.397. The molecule has 7 heteroatoms. The van der Waals surface area contributed by atoms with Gasteiger partial charge in [-0.05, 0) is 48.0 Å². The van der Waals surface area contributed by atoms with Crippen LogP contribution in [0.4, 0.5) is 11.4 Å². The zero-order valence-electron chi connectivity index (χ0n) is 16.4. The van der Waals surface area contributed by atoms with E-state index in [2.05, 4.69) is 0 Å². The van der Waals surface area contributed by atoms with Crippen LogP contribution in [0.25, 0.3) is 6.08 Å². The van der Waals surface area contributed by atoms with Crippen LogP contribution >= 0.6 is 24.0 Å². The summed E-state index contributed by atoms with van der Waals surface area (Å²) in [6.07, 6.45) is 1.89. The van der Waals surface area contributed by atoms with Gasteiger partial charge in [0.25, 0.3) is 5.91 Å². The van der Waals surface area contributed by atoms with Crippen molar-refractivity contribution >= 4 is 51.7 Å². The number of benzene rings is 2. The summed E-state index contributed by atoms with van der Waals surface area (Å²) in [4.78, 5) is 19.2. The molecule has 0 radical (unpaired) electrons. The summed E-state index contributed by atoms with van der Waals surface area (Å²) < 4.78 is 5.76. The maximum atomic E-state index is 12.9. The van der Waals surface area contributed by atoms with E-state index in [0.717, 1.165) is 22.7 Å². The van der Waals surface area contributed by atoms with Crippen molar-refractivity contribution in [3.63, 3.8) is 0 Å². The molecule has 0 atom stereocenters. The van der Waals surface area contributed by atoms with Crippen LogP contribution in [-0.4, -0.2) is 50.0 Å². The number of carbonyl (C=O) groups is 1. The van der Waals surface area contributed by atoms with Crippen LogP contribution < -0.4 is 14.5 Å². The molecule has 2 aromatic rings. The molecule has 0 bridgehead atoms. The molecule has 0 spiro atoms. The number of thiocarbonyl (C=S) groups is 1. The van der Waals surface area contributed by atoms with E-state index in [-0.39, 0.29) is 5.91 Å². The van der Waals surface area contributed by atoms with E-state index in [1.54, 1.807) is 12.0 Å². The topological polar surface area (TPSA) is 36.0 Å². The number of thioether (sulfide) groups is 1. The highest BCUT2D eigenvalue weighted by atomic mass is 32.2. The standard InChI is InChI=1S/C21H23N3O2S2/c1-22(2)16-7-5-15(6-8-16)13-19-20(25)24(21(27)28-19)14-23(3)17-9-11-18(26-4)12-10-17/h5-13H,14H2,1-4H3/b19-13+. The number of carbonyl (C=O) groups excluding carboxylic acids is 1. The first kappa shape index (κ1) is 20.2. The molecule has 1 fully saturated rings. The summed E-state index contributed by atoms with van der Waals surface area (Å²) in [5.74, 6) is 0.734. The van der Waals surface area contributed by atoms with Crippen LogP contribution in [0.5, 0.6) is 5.75 Å². The minimum atomic E-state index is -0.0629. The predicted molar refractivity (Wildman–Crippen MR) is 122 cm³/mol. The molecule has 1 heterocycles. The highest BCUT2D eigenvalue weighted by Crippen LogP contribution is 2.33. The summed E-state index contributed by atoms with van der Waals surface area (Å²) in [6, 6.07) is 15.8. The fourth-order valence-electron chi connectivity index (χ4n) is 2.77. The van der Waals surface area contributed by atoms with E-state index in [1.165, 1.54) is 11.8 Å². The molecule has 146 valence electrons. The van der Waals surface area contributed by atoms with Crippen LogP contribution in [0.1, 0.15) is 5.56 Å². The smallest absolute Gasteiger partial charge is 0.267 e.